The number of carbonyl (C=O) groups excluding carboxylic acids is 1. The fourth-order valence-electron chi connectivity index (χ4n) is 0.736. The Balaban J connectivity index is 3.11. The zero-order valence-electron chi connectivity index (χ0n) is 8.97. The van der Waals surface area contributed by atoms with Gasteiger partial charge in [0.05, 0.1) is 9.85 Å². The molecule has 0 radical (unpaired) electrons. The molecule has 0 spiro atoms. The molecule has 0 atom stereocenters. The van der Waals surface area contributed by atoms with E-state index in [2.05, 4.69) is 5.32 Å². The fraction of sp³-hybridized carbons (Fsp3) is 0.222. The third-order valence-corrected chi connectivity index (χ3v) is 1.25. The Kier molecular flexibility index (Phi) is 1.90. The van der Waals surface area contributed by atoms with Crippen molar-refractivity contribution in [3.05, 3.63) is 24.2 Å². The van der Waals surface area contributed by atoms with Crippen LogP contribution >= 0.6 is 0 Å². The van der Waals surface area contributed by atoms with Crippen LogP contribution in [0.15, 0.2) is 24.2 Å². The molecule has 0 saturated carbocycles. The van der Waals surface area contributed by atoms with E-state index >= 15 is 0 Å². The highest BCUT2D eigenvalue weighted by Gasteiger charge is 1.94. The van der Waals surface area contributed by atoms with Gasteiger partial charge in [-0.15, -0.1) is 0 Å². The molecule has 0 aliphatic carbocycles. The quantitative estimate of drug-likeness (QED) is 0.727. The SMILES string of the molecule is [2H]c1cc(OC)cc([2H])c1NC(C)=O. The summed E-state index contributed by atoms with van der Waals surface area (Å²) in [5.41, 5.74) is 0.207. The first kappa shape index (κ1) is 6.06. The lowest BCUT2D eigenvalue weighted by atomic mass is 10.3. The van der Waals surface area contributed by atoms with Gasteiger partial charge in [-0.2, -0.15) is 0 Å². The Morgan fingerprint density at radius 2 is 2.17 bits per heavy atom. The molecule has 0 unspecified atom stereocenters. The zero-order valence-corrected chi connectivity index (χ0v) is 6.97. The molecule has 1 aromatic carbocycles. The van der Waals surface area contributed by atoms with Gasteiger partial charge >= 0.3 is 0 Å². The first-order valence-corrected chi connectivity index (χ1v) is 3.47. The lowest BCUT2D eigenvalue weighted by molar-refractivity contribution is -0.114. The molecule has 3 heteroatoms. The van der Waals surface area contributed by atoms with E-state index in [0.29, 0.717) is 5.75 Å². The van der Waals surface area contributed by atoms with Crippen molar-refractivity contribution in [2.75, 3.05) is 12.4 Å². The molecule has 0 aromatic heterocycles. The van der Waals surface area contributed by atoms with Gasteiger partial charge in [0.15, 0.2) is 0 Å². The van der Waals surface area contributed by atoms with Crippen LogP contribution in [-0.2, 0) is 4.79 Å². The second kappa shape index (κ2) is 3.76. The molecular formula is C9H11NO2. The number of hydrogen-bond donors (Lipinski definition) is 1. The minimum Gasteiger partial charge on any atom is -0.497 e. The topological polar surface area (TPSA) is 38.3 Å². The molecule has 1 rings (SSSR count). The number of benzene rings is 1. The summed E-state index contributed by atoms with van der Waals surface area (Å²) in [7, 11) is 1.46. The van der Waals surface area contributed by atoms with Crippen LogP contribution in [0.5, 0.6) is 5.75 Å². The number of methoxy groups -OCH3 is 1. The summed E-state index contributed by atoms with van der Waals surface area (Å²) >= 11 is 0. The van der Waals surface area contributed by atoms with Crippen LogP contribution in [0.1, 0.15) is 9.67 Å². The number of ether oxygens (including phenoxy) is 1. The molecule has 1 N–H and O–H groups in total. The maximum Gasteiger partial charge on any atom is 0.221 e. The van der Waals surface area contributed by atoms with E-state index in [-0.39, 0.29) is 23.7 Å². The van der Waals surface area contributed by atoms with Crippen LogP contribution in [-0.4, -0.2) is 13.0 Å². The standard InChI is InChI=1S/C9H11NO2/c1-7(11)10-8-3-5-9(12-2)6-4-8/h3-6H,1-2H3,(H,10,11)/i3D,4D. The van der Waals surface area contributed by atoms with Crippen LogP contribution in [0.2, 0.25) is 0 Å². The van der Waals surface area contributed by atoms with E-state index in [1.807, 2.05) is 0 Å². The van der Waals surface area contributed by atoms with Crippen molar-refractivity contribution in [1.82, 2.24) is 0 Å². The van der Waals surface area contributed by atoms with Crippen molar-refractivity contribution in [3.8, 4) is 5.75 Å². The summed E-state index contributed by atoms with van der Waals surface area (Å²) < 4.78 is 20.0. The number of anilines is 1. The van der Waals surface area contributed by atoms with Crippen molar-refractivity contribution < 1.29 is 12.3 Å². The summed E-state index contributed by atoms with van der Waals surface area (Å²) in [6.45, 7) is 1.34. The zero-order chi connectivity index (χ0) is 10.7. The Morgan fingerprint density at radius 3 is 2.58 bits per heavy atom. The lowest BCUT2D eigenvalue weighted by Gasteiger charge is -2.02. The van der Waals surface area contributed by atoms with E-state index in [1.165, 1.54) is 26.2 Å². The Hall–Kier alpha value is -1.51. The van der Waals surface area contributed by atoms with Gasteiger partial charge in [0, 0.05) is 12.6 Å². The second-order valence-electron chi connectivity index (χ2n) is 2.24. The molecule has 0 saturated heterocycles. The molecule has 12 heavy (non-hydrogen) atoms. The average Bonchev–Trinajstić information content (AvgIpc) is 2.10. The van der Waals surface area contributed by atoms with E-state index < -0.39 is 0 Å². The Morgan fingerprint density at radius 1 is 1.58 bits per heavy atom. The number of hydrogen-bond acceptors (Lipinski definition) is 2. The van der Waals surface area contributed by atoms with Crippen molar-refractivity contribution >= 4 is 11.6 Å². The van der Waals surface area contributed by atoms with Gasteiger partial charge in [-0.1, -0.05) is 0 Å². The van der Waals surface area contributed by atoms with Gasteiger partial charge in [-0.25, -0.2) is 0 Å². The van der Waals surface area contributed by atoms with Crippen LogP contribution in [0.4, 0.5) is 5.69 Å². The van der Waals surface area contributed by atoms with Gasteiger partial charge in [-0.3, -0.25) is 4.79 Å². The minimum atomic E-state index is -0.294. The summed E-state index contributed by atoms with van der Waals surface area (Å²) in [6.07, 6.45) is 0. The van der Waals surface area contributed by atoms with Gasteiger partial charge in [-0.05, 0) is 24.2 Å². The summed E-state index contributed by atoms with van der Waals surface area (Å²) in [5, 5.41) is 2.42. The van der Waals surface area contributed by atoms with Gasteiger partial charge in [0.25, 0.3) is 0 Å². The van der Waals surface area contributed by atoms with Gasteiger partial charge in [0.1, 0.15) is 5.75 Å². The minimum absolute atomic E-state index is 0.0737. The van der Waals surface area contributed by atoms with Crippen molar-refractivity contribution in [2.24, 2.45) is 0 Å². The van der Waals surface area contributed by atoms with E-state index in [4.69, 9.17) is 7.48 Å². The maximum atomic E-state index is 10.8. The highest BCUT2D eigenvalue weighted by molar-refractivity contribution is 5.88. The first-order valence-electron chi connectivity index (χ1n) is 4.47. The molecule has 3 nitrogen and oxygen atoms in total. The normalized spacial score (nSPS) is 11.5. The van der Waals surface area contributed by atoms with E-state index in [1.54, 1.807) is 0 Å². The van der Waals surface area contributed by atoms with Crippen molar-refractivity contribution in [2.45, 2.75) is 6.92 Å². The first-order chi connectivity index (χ1) is 6.54. The van der Waals surface area contributed by atoms with Gasteiger partial charge in [0.2, 0.25) is 5.91 Å². The monoisotopic (exact) mass is 167 g/mol. The van der Waals surface area contributed by atoms with Crippen LogP contribution in [0.3, 0.4) is 0 Å². The number of rotatable bonds is 2. The fourth-order valence-corrected chi connectivity index (χ4v) is 0.736. The number of carbonyl (C=O) groups is 1. The van der Waals surface area contributed by atoms with Crippen molar-refractivity contribution in [3.63, 3.8) is 0 Å². The molecule has 64 valence electrons. The molecule has 1 aromatic rings. The molecule has 0 heterocycles. The maximum absolute atomic E-state index is 10.8. The predicted octanol–water partition coefficient (Wildman–Crippen LogP) is 1.65. The van der Waals surface area contributed by atoms with E-state index in [9.17, 15) is 4.79 Å². The smallest absolute Gasteiger partial charge is 0.221 e. The number of amides is 1. The van der Waals surface area contributed by atoms with Crippen molar-refractivity contribution in [1.29, 1.82) is 0 Å². The Bertz CT molecular complexity index is 343. The second-order valence-corrected chi connectivity index (χ2v) is 2.24. The molecule has 0 bridgehead atoms. The average molecular weight is 167 g/mol. The van der Waals surface area contributed by atoms with Gasteiger partial charge < -0.3 is 10.1 Å². The highest BCUT2D eigenvalue weighted by atomic mass is 16.5. The molecule has 1 amide bonds. The number of nitrogens with one attached hydrogen (secondary N) is 1. The van der Waals surface area contributed by atoms with Crippen LogP contribution < -0.4 is 10.1 Å². The molecular weight excluding hydrogens is 154 g/mol. The molecule has 0 aliphatic heterocycles. The van der Waals surface area contributed by atoms with Crippen LogP contribution in [0, 0.1) is 0 Å². The van der Waals surface area contributed by atoms with Crippen LogP contribution in [0.25, 0.3) is 0 Å². The Labute approximate surface area is 74.2 Å². The molecule has 0 fully saturated rings. The highest BCUT2D eigenvalue weighted by Crippen LogP contribution is 2.14. The molecule has 0 aliphatic rings. The lowest BCUT2D eigenvalue weighted by Crippen LogP contribution is -2.05. The summed E-state index contributed by atoms with van der Waals surface area (Å²) in [5.74, 6) is 0.145. The third kappa shape index (κ3) is 2.27. The predicted molar refractivity (Wildman–Crippen MR) is 47.3 cm³/mol. The largest absolute Gasteiger partial charge is 0.497 e. The summed E-state index contributed by atoms with van der Waals surface area (Å²) in [4.78, 5) is 10.8. The summed E-state index contributed by atoms with van der Waals surface area (Å²) in [6, 6.07) is 3.04. The third-order valence-electron chi connectivity index (χ3n) is 1.25. The van der Waals surface area contributed by atoms with E-state index in [0.717, 1.165) is 0 Å².